The monoisotopic (exact) mass is 508 g/mol. The van der Waals surface area contributed by atoms with Crippen molar-refractivity contribution in [3.8, 4) is 0 Å². The van der Waals surface area contributed by atoms with Crippen molar-refractivity contribution >= 4 is 62.9 Å². The number of benzene rings is 2. The second-order valence-corrected chi connectivity index (χ2v) is 7.24. The first-order chi connectivity index (χ1) is 16.0. The molecule has 15 nitrogen and oxygen atoms in total. The molecule has 3 rings (SSSR count). The molecule has 1 heterocycles. The maximum atomic E-state index is 12.8. The van der Waals surface area contributed by atoms with Gasteiger partial charge in [-0.1, -0.05) is 23.2 Å². The van der Waals surface area contributed by atoms with E-state index in [1.54, 1.807) is 0 Å². The number of aromatic nitrogens is 2. The average Bonchev–Trinajstić information content (AvgIpc) is 2.78. The summed E-state index contributed by atoms with van der Waals surface area (Å²) in [4.78, 5) is 52.1. The zero-order valence-corrected chi connectivity index (χ0v) is 17.9. The number of hydrogen-bond donors (Lipinski definition) is 2. The number of nitrogens with zero attached hydrogens (tertiary/aromatic N) is 6. The standard InChI is InChI=1S/C17H10Cl2N8O7/c18-9-3-8(26(31)32)4-10(19)14(9)23-17(28)15(24-20)16(27(33)34)13-6-21-11-2-1-7(25(29)30)5-12(11)22-13/h1-6,16H,20H2,(H,23,28)/b24-15-. The highest BCUT2D eigenvalue weighted by Crippen LogP contribution is 2.35. The van der Waals surface area contributed by atoms with Gasteiger partial charge in [-0.05, 0) is 6.07 Å². The molecule has 0 saturated carbocycles. The van der Waals surface area contributed by atoms with Gasteiger partial charge in [0, 0.05) is 29.2 Å². The van der Waals surface area contributed by atoms with E-state index in [4.69, 9.17) is 29.0 Å². The molecule has 0 aliphatic heterocycles. The molecule has 0 saturated heterocycles. The van der Waals surface area contributed by atoms with Crippen molar-refractivity contribution < 1.29 is 19.6 Å². The summed E-state index contributed by atoms with van der Waals surface area (Å²) >= 11 is 11.9. The van der Waals surface area contributed by atoms with Crippen LogP contribution in [0.25, 0.3) is 11.0 Å². The molecule has 17 heteroatoms. The Balaban J connectivity index is 2.01. The molecule has 0 fully saturated rings. The molecule has 1 amide bonds. The number of carbonyl (C=O) groups excluding carboxylic acids is 1. The van der Waals surface area contributed by atoms with Crippen LogP contribution in [0.15, 0.2) is 41.6 Å². The van der Waals surface area contributed by atoms with E-state index in [0.29, 0.717) is 0 Å². The van der Waals surface area contributed by atoms with Gasteiger partial charge in [0.15, 0.2) is 0 Å². The van der Waals surface area contributed by atoms with Gasteiger partial charge in [-0.3, -0.25) is 40.1 Å². The lowest BCUT2D eigenvalue weighted by Gasteiger charge is -2.13. The molecule has 0 aliphatic rings. The van der Waals surface area contributed by atoms with E-state index in [1.165, 1.54) is 12.1 Å². The number of rotatable bonds is 7. The van der Waals surface area contributed by atoms with Crippen LogP contribution in [0.4, 0.5) is 17.1 Å². The maximum absolute atomic E-state index is 12.8. The van der Waals surface area contributed by atoms with Crippen molar-refractivity contribution in [2.45, 2.75) is 6.04 Å². The van der Waals surface area contributed by atoms with Crippen LogP contribution in [-0.4, -0.2) is 36.4 Å². The second-order valence-electron chi connectivity index (χ2n) is 6.42. The third-order valence-electron chi connectivity index (χ3n) is 4.35. The smallest absolute Gasteiger partial charge is 0.304 e. The molecule has 1 unspecified atom stereocenters. The third kappa shape index (κ3) is 4.79. The Morgan fingerprint density at radius 1 is 1.00 bits per heavy atom. The van der Waals surface area contributed by atoms with Crippen LogP contribution in [0.1, 0.15) is 11.7 Å². The summed E-state index contributed by atoms with van der Waals surface area (Å²) in [5, 5.41) is 38.5. The molecular weight excluding hydrogens is 499 g/mol. The normalized spacial score (nSPS) is 12.2. The van der Waals surface area contributed by atoms with E-state index in [-0.39, 0.29) is 32.5 Å². The summed E-state index contributed by atoms with van der Waals surface area (Å²) in [5.41, 5.74) is -2.13. The quantitative estimate of drug-likeness (QED) is 0.205. The lowest BCUT2D eigenvalue weighted by atomic mass is 10.1. The van der Waals surface area contributed by atoms with Gasteiger partial charge < -0.3 is 11.2 Å². The van der Waals surface area contributed by atoms with Gasteiger partial charge >= 0.3 is 6.04 Å². The number of non-ortho nitro benzene ring substituents is 2. The molecule has 3 aromatic rings. The summed E-state index contributed by atoms with van der Waals surface area (Å²) in [7, 11) is 0. The number of nitrogens with one attached hydrogen (secondary N) is 1. The summed E-state index contributed by atoms with van der Waals surface area (Å²) < 4.78 is 0. The van der Waals surface area contributed by atoms with Crippen molar-refractivity contribution in [2.75, 3.05) is 5.32 Å². The largest absolute Gasteiger partial charge is 0.323 e. The number of nitro benzene ring substituents is 2. The van der Waals surface area contributed by atoms with Crippen LogP contribution in [0.5, 0.6) is 0 Å². The number of nitrogens with two attached hydrogens (primary N) is 1. The van der Waals surface area contributed by atoms with Crippen molar-refractivity contribution in [3.05, 3.63) is 82.6 Å². The van der Waals surface area contributed by atoms with Crippen LogP contribution in [0, 0.1) is 30.3 Å². The van der Waals surface area contributed by atoms with E-state index in [1.807, 2.05) is 0 Å². The van der Waals surface area contributed by atoms with Gasteiger partial charge in [-0.2, -0.15) is 5.10 Å². The Bertz CT molecular complexity index is 1370. The van der Waals surface area contributed by atoms with Crippen LogP contribution >= 0.6 is 23.2 Å². The Kier molecular flexibility index (Phi) is 6.78. The summed E-state index contributed by atoms with van der Waals surface area (Å²) in [6.07, 6.45) is 0.992. The van der Waals surface area contributed by atoms with Gasteiger partial charge in [-0.25, -0.2) is 4.98 Å². The minimum Gasteiger partial charge on any atom is -0.323 e. The van der Waals surface area contributed by atoms with Crippen molar-refractivity contribution in [3.63, 3.8) is 0 Å². The fourth-order valence-electron chi connectivity index (χ4n) is 2.82. The molecule has 3 N–H and O–H groups in total. The maximum Gasteiger partial charge on any atom is 0.304 e. The molecule has 0 radical (unpaired) electrons. The molecule has 34 heavy (non-hydrogen) atoms. The molecule has 174 valence electrons. The van der Waals surface area contributed by atoms with Crippen molar-refractivity contribution in [2.24, 2.45) is 10.9 Å². The Morgan fingerprint density at radius 3 is 2.15 bits per heavy atom. The van der Waals surface area contributed by atoms with E-state index in [2.05, 4.69) is 20.4 Å². The van der Waals surface area contributed by atoms with Crippen molar-refractivity contribution in [1.29, 1.82) is 0 Å². The number of nitro groups is 3. The minimum atomic E-state index is -2.03. The molecule has 0 spiro atoms. The molecule has 0 aliphatic carbocycles. The highest BCUT2D eigenvalue weighted by atomic mass is 35.5. The van der Waals surface area contributed by atoms with Gasteiger partial charge in [-0.15, -0.1) is 0 Å². The lowest BCUT2D eigenvalue weighted by molar-refractivity contribution is -0.509. The third-order valence-corrected chi connectivity index (χ3v) is 4.95. The fourth-order valence-corrected chi connectivity index (χ4v) is 3.39. The van der Waals surface area contributed by atoms with E-state index in [0.717, 1.165) is 24.4 Å². The van der Waals surface area contributed by atoms with Crippen molar-refractivity contribution in [1.82, 2.24) is 9.97 Å². The molecular formula is C17H10Cl2N8O7. The SMILES string of the molecule is N/N=C(\C(=O)Nc1c(Cl)cc([N+](=O)[O-])cc1Cl)C(c1cnc2ccc([N+](=O)[O-])cc2n1)[N+](=O)[O-]. The highest BCUT2D eigenvalue weighted by Gasteiger charge is 2.37. The number of fused-ring (bicyclic) bond motifs is 1. The number of halogens is 2. The zero-order valence-electron chi connectivity index (χ0n) is 16.4. The van der Waals surface area contributed by atoms with Crippen LogP contribution in [0.2, 0.25) is 10.0 Å². The molecule has 1 atom stereocenters. The Morgan fingerprint density at radius 2 is 1.62 bits per heavy atom. The number of hydrogen-bond acceptors (Lipinski definition) is 11. The highest BCUT2D eigenvalue weighted by molar-refractivity contribution is 6.47. The van der Waals surface area contributed by atoms with Gasteiger partial charge in [0.2, 0.25) is 5.71 Å². The summed E-state index contributed by atoms with van der Waals surface area (Å²) in [5.74, 6) is 4.04. The van der Waals surface area contributed by atoms with Gasteiger partial charge in [0.05, 0.1) is 42.8 Å². The molecule has 0 bridgehead atoms. The summed E-state index contributed by atoms with van der Waals surface area (Å²) in [6.45, 7) is 0. The van der Waals surface area contributed by atoms with Crippen LogP contribution in [-0.2, 0) is 4.79 Å². The van der Waals surface area contributed by atoms with Crippen LogP contribution < -0.4 is 11.2 Å². The Labute approximate surface area is 197 Å². The molecule has 2 aromatic carbocycles. The van der Waals surface area contributed by atoms with Crippen LogP contribution in [0.3, 0.4) is 0 Å². The topological polar surface area (TPSA) is 223 Å². The number of amides is 1. The lowest BCUT2D eigenvalue weighted by Crippen LogP contribution is -2.34. The summed E-state index contributed by atoms with van der Waals surface area (Å²) in [6, 6.07) is 3.33. The first-order valence-corrected chi connectivity index (χ1v) is 9.56. The van der Waals surface area contributed by atoms with E-state index < -0.39 is 43.8 Å². The predicted octanol–water partition coefficient (Wildman–Crippen LogP) is 3.02. The van der Waals surface area contributed by atoms with E-state index in [9.17, 15) is 35.1 Å². The number of anilines is 1. The Hall–Kier alpha value is -4.50. The second kappa shape index (κ2) is 9.55. The van der Waals surface area contributed by atoms with Gasteiger partial charge in [0.1, 0.15) is 5.69 Å². The molecule has 1 aromatic heterocycles. The zero-order chi connectivity index (χ0) is 25.2. The first kappa shape index (κ1) is 24.1. The number of carbonyl (C=O) groups is 1. The van der Waals surface area contributed by atoms with Gasteiger partial charge in [0.25, 0.3) is 17.3 Å². The predicted molar refractivity (Wildman–Crippen MR) is 119 cm³/mol. The minimum absolute atomic E-state index is 0.0446. The van der Waals surface area contributed by atoms with E-state index >= 15 is 0 Å². The fraction of sp³-hybridized carbons (Fsp3) is 0.0588. The first-order valence-electron chi connectivity index (χ1n) is 8.80. The number of hydrazone groups is 1. The average molecular weight is 509 g/mol.